The van der Waals surface area contributed by atoms with Gasteiger partial charge in [0.05, 0.1) is 0 Å². The van der Waals surface area contributed by atoms with Gasteiger partial charge in [0, 0.05) is 22.6 Å². The molecule has 0 bridgehead atoms. The zero-order chi connectivity index (χ0) is 6.08. The van der Waals surface area contributed by atoms with Gasteiger partial charge in [-0.15, -0.1) is 0 Å². The quantitative estimate of drug-likeness (QED) is 0.388. The van der Waals surface area contributed by atoms with Crippen LogP contribution in [0.5, 0.6) is 0 Å². The fourth-order valence-corrected chi connectivity index (χ4v) is 0. The Hall–Kier alpha value is 0.550. The maximum atomic E-state index is 11.4. The van der Waals surface area contributed by atoms with Crippen molar-refractivity contribution in [2.45, 2.75) is 3.93 Å². The lowest BCUT2D eigenvalue weighted by atomic mass is 10.8. The molecule has 0 saturated carbocycles. The van der Waals surface area contributed by atoms with Crippen LogP contribution in [0.4, 0.5) is 8.78 Å². The fourth-order valence-electron chi connectivity index (χ4n) is 0. The van der Waals surface area contributed by atoms with Gasteiger partial charge in [-0.25, -0.2) is 0 Å². The predicted octanol–water partition coefficient (Wildman–Crippen LogP) is 1.78. The van der Waals surface area contributed by atoms with E-state index in [9.17, 15) is 13.6 Å². The van der Waals surface area contributed by atoms with Crippen LogP contribution in [-0.4, -0.2) is 9.17 Å². The number of hydrogen-bond donors (Lipinski definition) is 0. The molecule has 42 valence electrons. The van der Waals surface area contributed by atoms with E-state index in [0.717, 1.165) is 0 Å². The summed E-state index contributed by atoms with van der Waals surface area (Å²) in [5.41, 5.74) is 0. The van der Waals surface area contributed by atoms with Gasteiger partial charge in [0.1, 0.15) is 0 Å². The minimum absolute atomic E-state index is 0.652. The lowest BCUT2D eigenvalue weighted by Gasteiger charge is -1.96. The Balaban J connectivity index is 3.79. The normalized spacial score (nSPS) is 11.4. The van der Waals surface area contributed by atoms with Crippen molar-refractivity contribution in [2.24, 2.45) is 0 Å². The summed E-state index contributed by atoms with van der Waals surface area (Å²) >= 11 is 5.01. The Labute approximate surface area is 57.2 Å². The Bertz CT molecular complexity index is 88.2. The van der Waals surface area contributed by atoms with Gasteiger partial charge in [0.2, 0.25) is 0 Å². The lowest BCUT2D eigenvalue weighted by Crippen LogP contribution is -2.13. The molecule has 0 aromatic rings. The van der Waals surface area contributed by atoms with Gasteiger partial charge in [-0.1, -0.05) is 0 Å². The first-order valence-electron chi connectivity index (χ1n) is 1.21. The molecule has 0 saturated heterocycles. The summed E-state index contributed by atoms with van der Waals surface area (Å²) in [5.74, 6) is 0. The van der Waals surface area contributed by atoms with Crippen LogP contribution in [-0.2, 0) is 4.79 Å². The Kier molecular flexibility index (Phi) is 2.39. The molecule has 0 aliphatic heterocycles. The van der Waals surface area contributed by atoms with Crippen LogP contribution in [0.25, 0.3) is 0 Å². The van der Waals surface area contributed by atoms with Gasteiger partial charge in [-0.05, 0) is 11.6 Å². The lowest BCUT2D eigenvalue weighted by molar-refractivity contribution is -0.122. The standard InChI is InChI=1S/C2ClF2IO/c3-1(7)2(4,5)6. The van der Waals surface area contributed by atoms with Crippen LogP contribution in [0.15, 0.2) is 0 Å². The SMILES string of the molecule is O=C(Cl)C(F)(F)I. The predicted molar refractivity (Wildman–Crippen MR) is 29.8 cm³/mol. The summed E-state index contributed by atoms with van der Waals surface area (Å²) in [6, 6.07) is 0. The molecule has 0 fully saturated rings. The highest BCUT2D eigenvalue weighted by atomic mass is 127. The summed E-state index contributed by atoms with van der Waals surface area (Å²) in [6.07, 6.45) is 0. The van der Waals surface area contributed by atoms with Crippen LogP contribution >= 0.6 is 34.2 Å². The maximum Gasteiger partial charge on any atom is 0.368 e. The van der Waals surface area contributed by atoms with E-state index in [2.05, 4.69) is 11.6 Å². The number of rotatable bonds is 1. The molecule has 0 rings (SSSR count). The molecule has 0 aliphatic rings. The van der Waals surface area contributed by atoms with Crippen molar-refractivity contribution in [3.05, 3.63) is 0 Å². The molecule has 0 heterocycles. The van der Waals surface area contributed by atoms with E-state index in [-0.39, 0.29) is 0 Å². The maximum absolute atomic E-state index is 11.4. The fraction of sp³-hybridized carbons (Fsp3) is 0.500. The average molecular weight is 240 g/mol. The molecule has 0 aliphatic carbocycles. The second-order valence-electron chi connectivity index (χ2n) is 0.771. The van der Waals surface area contributed by atoms with E-state index in [1.165, 1.54) is 0 Å². The molecule has 0 radical (unpaired) electrons. The summed E-state index contributed by atoms with van der Waals surface area (Å²) in [7, 11) is 0. The molecule has 7 heavy (non-hydrogen) atoms. The van der Waals surface area contributed by atoms with Crippen molar-refractivity contribution in [2.75, 3.05) is 0 Å². The third-order valence-corrected chi connectivity index (χ3v) is 1.27. The smallest absolute Gasteiger partial charge is 0.273 e. The van der Waals surface area contributed by atoms with Crippen molar-refractivity contribution in [1.29, 1.82) is 0 Å². The summed E-state index contributed by atoms with van der Waals surface area (Å²) in [5, 5.41) is -1.63. The molecule has 0 unspecified atom stereocenters. The number of alkyl halides is 3. The minimum atomic E-state index is -3.40. The topological polar surface area (TPSA) is 17.1 Å². The third-order valence-electron chi connectivity index (χ3n) is 0.223. The first-order chi connectivity index (χ1) is 2.94. The first kappa shape index (κ1) is 7.55. The first-order valence-corrected chi connectivity index (χ1v) is 2.67. The minimum Gasteiger partial charge on any atom is -0.273 e. The number of hydrogen-bond acceptors (Lipinski definition) is 1. The number of carbonyl (C=O) groups is 1. The van der Waals surface area contributed by atoms with Gasteiger partial charge in [0.25, 0.3) is 0 Å². The van der Waals surface area contributed by atoms with Crippen molar-refractivity contribution in [3.8, 4) is 0 Å². The van der Waals surface area contributed by atoms with Crippen LogP contribution in [0.1, 0.15) is 0 Å². The van der Waals surface area contributed by atoms with E-state index < -0.39 is 9.17 Å². The highest BCUT2D eigenvalue weighted by Gasteiger charge is 2.32. The molecule has 0 atom stereocenters. The van der Waals surface area contributed by atoms with Crippen molar-refractivity contribution >= 4 is 39.4 Å². The Morgan fingerprint density at radius 1 is 1.71 bits per heavy atom. The summed E-state index contributed by atoms with van der Waals surface area (Å²) in [6.45, 7) is 0. The summed E-state index contributed by atoms with van der Waals surface area (Å²) < 4.78 is 19.3. The second kappa shape index (κ2) is 2.21. The number of halogens is 4. The van der Waals surface area contributed by atoms with E-state index in [0.29, 0.717) is 22.6 Å². The van der Waals surface area contributed by atoms with E-state index in [4.69, 9.17) is 0 Å². The second-order valence-corrected chi connectivity index (χ2v) is 2.47. The largest absolute Gasteiger partial charge is 0.368 e. The average Bonchev–Trinajstić information content (AvgIpc) is 1.31. The molecule has 0 aromatic carbocycles. The van der Waals surface area contributed by atoms with Crippen molar-refractivity contribution in [1.82, 2.24) is 0 Å². The molecule has 0 N–H and O–H groups in total. The zero-order valence-corrected chi connectivity index (χ0v) is 5.83. The van der Waals surface area contributed by atoms with Crippen LogP contribution in [0.3, 0.4) is 0 Å². The Morgan fingerprint density at radius 3 is 1.86 bits per heavy atom. The molecule has 1 nitrogen and oxygen atoms in total. The molecular weight excluding hydrogens is 240 g/mol. The highest BCUT2D eigenvalue weighted by molar-refractivity contribution is 14.1. The monoisotopic (exact) mass is 240 g/mol. The van der Waals surface area contributed by atoms with Gasteiger partial charge in [-0.3, -0.25) is 4.79 Å². The van der Waals surface area contributed by atoms with Gasteiger partial charge in [-0.2, -0.15) is 8.78 Å². The van der Waals surface area contributed by atoms with Gasteiger partial charge in [0.15, 0.2) is 0 Å². The van der Waals surface area contributed by atoms with Crippen molar-refractivity contribution < 1.29 is 13.6 Å². The molecule has 0 amide bonds. The van der Waals surface area contributed by atoms with Crippen LogP contribution in [0, 0.1) is 0 Å². The third kappa shape index (κ3) is 3.16. The van der Waals surface area contributed by atoms with Gasteiger partial charge < -0.3 is 0 Å². The van der Waals surface area contributed by atoms with Crippen molar-refractivity contribution in [3.63, 3.8) is 0 Å². The number of carbonyl (C=O) groups excluding carboxylic acids is 1. The van der Waals surface area contributed by atoms with Gasteiger partial charge >= 0.3 is 9.17 Å². The molecule has 0 aromatic heterocycles. The van der Waals surface area contributed by atoms with E-state index in [1.54, 1.807) is 0 Å². The Morgan fingerprint density at radius 2 is 1.86 bits per heavy atom. The highest BCUT2D eigenvalue weighted by Crippen LogP contribution is 2.24. The molecule has 0 spiro atoms. The van der Waals surface area contributed by atoms with E-state index >= 15 is 0 Å². The van der Waals surface area contributed by atoms with Crippen LogP contribution < -0.4 is 0 Å². The zero-order valence-electron chi connectivity index (χ0n) is 2.92. The summed E-state index contributed by atoms with van der Waals surface area (Å²) in [4.78, 5) is 9.47. The van der Waals surface area contributed by atoms with Crippen LogP contribution in [0.2, 0.25) is 0 Å². The van der Waals surface area contributed by atoms with E-state index in [1.807, 2.05) is 0 Å². The molecular formula is C2ClF2IO. The molecule has 5 heteroatoms.